The van der Waals surface area contributed by atoms with Crippen molar-refractivity contribution >= 4 is 11.9 Å². The fraction of sp³-hybridized carbons (Fsp3) is 0.545. The molecule has 0 aromatic carbocycles. The lowest BCUT2D eigenvalue weighted by atomic mass is 9.79. The van der Waals surface area contributed by atoms with Crippen molar-refractivity contribution in [3.63, 3.8) is 0 Å². The maximum absolute atomic E-state index is 11.3. The third kappa shape index (κ3) is 1.47. The molecule has 0 aromatic heterocycles. The van der Waals surface area contributed by atoms with Crippen LogP contribution in [0, 0.1) is 17.2 Å². The van der Waals surface area contributed by atoms with E-state index >= 15 is 0 Å². The van der Waals surface area contributed by atoms with Crippen LogP contribution in [0.5, 0.6) is 0 Å². The first-order valence-corrected chi connectivity index (χ1v) is 5.08. The quantitative estimate of drug-likeness (QED) is 0.506. The van der Waals surface area contributed by atoms with Gasteiger partial charge in [-0.15, -0.1) is 0 Å². The number of nitrogens with zero attached hydrogens (tertiary/aromatic N) is 1. The first-order chi connectivity index (χ1) is 7.61. The molecule has 1 saturated heterocycles. The zero-order chi connectivity index (χ0) is 11.8. The van der Waals surface area contributed by atoms with Gasteiger partial charge in [0.05, 0.1) is 5.92 Å². The number of carbonyl (C=O) groups excluding carboxylic acids is 2. The summed E-state index contributed by atoms with van der Waals surface area (Å²) in [6.45, 7) is 3.28. The fourth-order valence-corrected chi connectivity index (χ4v) is 2.20. The third-order valence-corrected chi connectivity index (χ3v) is 3.11. The van der Waals surface area contributed by atoms with E-state index in [1.54, 1.807) is 0 Å². The molecule has 0 spiro atoms. The van der Waals surface area contributed by atoms with E-state index in [2.05, 4.69) is 6.58 Å². The average molecular weight is 221 g/mol. The molecule has 5 nitrogen and oxygen atoms in total. The van der Waals surface area contributed by atoms with Gasteiger partial charge in [0.15, 0.2) is 6.10 Å². The highest BCUT2D eigenvalue weighted by molar-refractivity contribution is 5.82. The van der Waals surface area contributed by atoms with Gasteiger partial charge in [-0.3, -0.25) is 4.79 Å². The lowest BCUT2D eigenvalue weighted by Gasteiger charge is -2.32. The monoisotopic (exact) mass is 221 g/mol. The average Bonchev–Trinajstić information content (AvgIpc) is 2.61. The smallest absolute Gasteiger partial charge is 0.331 e. The minimum atomic E-state index is -1.33. The molecule has 2 bridgehead atoms. The molecule has 2 fully saturated rings. The maximum Gasteiger partial charge on any atom is 0.331 e. The van der Waals surface area contributed by atoms with Gasteiger partial charge in [0.2, 0.25) is 5.60 Å². The second-order valence-corrected chi connectivity index (χ2v) is 4.02. The summed E-state index contributed by atoms with van der Waals surface area (Å²) < 4.78 is 10.1. The van der Waals surface area contributed by atoms with Crippen molar-refractivity contribution in [2.24, 2.45) is 5.92 Å². The summed E-state index contributed by atoms with van der Waals surface area (Å²) in [5, 5.41) is 9.14. The molecule has 1 saturated carbocycles. The molecule has 0 aromatic rings. The standard InChI is InChI=1S/C11H11NO4/c1-2-9(13)16-11(6-12)4-3-7-5-8(11)15-10(7)14/h2,7-8H,1,3-5H2. The number of hydrogen-bond donors (Lipinski definition) is 0. The summed E-state index contributed by atoms with van der Waals surface area (Å²) >= 11 is 0. The topological polar surface area (TPSA) is 76.4 Å². The second kappa shape index (κ2) is 3.63. The first kappa shape index (κ1) is 10.7. The van der Waals surface area contributed by atoms with Gasteiger partial charge in [-0.05, 0) is 6.42 Å². The van der Waals surface area contributed by atoms with Crippen LogP contribution in [0.2, 0.25) is 0 Å². The largest absolute Gasteiger partial charge is 0.457 e. The molecule has 3 unspecified atom stereocenters. The molecule has 2 aliphatic rings. The van der Waals surface area contributed by atoms with Crippen LogP contribution in [0.1, 0.15) is 19.3 Å². The Morgan fingerprint density at radius 1 is 1.75 bits per heavy atom. The molecule has 3 atom stereocenters. The number of hydrogen-bond acceptors (Lipinski definition) is 5. The van der Waals surface area contributed by atoms with Crippen LogP contribution in [0.4, 0.5) is 0 Å². The molecular weight excluding hydrogens is 210 g/mol. The van der Waals surface area contributed by atoms with Gasteiger partial charge in [-0.25, -0.2) is 4.79 Å². The van der Waals surface area contributed by atoms with Crippen LogP contribution >= 0.6 is 0 Å². The summed E-state index contributed by atoms with van der Waals surface area (Å²) in [6, 6.07) is 1.96. The van der Waals surface area contributed by atoms with Gasteiger partial charge >= 0.3 is 11.9 Å². The Bertz CT molecular complexity index is 397. The second-order valence-electron chi connectivity index (χ2n) is 4.02. The van der Waals surface area contributed by atoms with Gasteiger partial charge in [-0.2, -0.15) is 5.26 Å². The van der Waals surface area contributed by atoms with Gasteiger partial charge in [0, 0.05) is 18.9 Å². The molecule has 5 heteroatoms. The summed E-state index contributed by atoms with van der Waals surface area (Å²) in [7, 11) is 0. The van der Waals surface area contributed by atoms with Crippen LogP contribution in [0.25, 0.3) is 0 Å². The number of esters is 2. The lowest BCUT2D eigenvalue weighted by molar-refractivity contribution is -0.165. The highest BCUT2D eigenvalue weighted by Gasteiger charge is 2.55. The van der Waals surface area contributed by atoms with E-state index in [0.717, 1.165) is 6.08 Å². The van der Waals surface area contributed by atoms with Crippen molar-refractivity contribution in [3.05, 3.63) is 12.7 Å². The molecule has 0 N–H and O–H groups in total. The number of rotatable bonds is 2. The number of nitriles is 1. The Morgan fingerprint density at radius 3 is 3.12 bits per heavy atom. The Labute approximate surface area is 92.6 Å². The summed E-state index contributed by atoms with van der Waals surface area (Å²) in [6.07, 6.45) is 1.68. The lowest BCUT2D eigenvalue weighted by Crippen LogP contribution is -2.46. The summed E-state index contributed by atoms with van der Waals surface area (Å²) in [5.74, 6) is -1.10. The van der Waals surface area contributed by atoms with Crippen molar-refractivity contribution in [1.29, 1.82) is 5.26 Å². The van der Waals surface area contributed by atoms with E-state index in [0.29, 0.717) is 19.3 Å². The van der Waals surface area contributed by atoms with E-state index in [1.165, 1.54) is 0 Å². The van der Waals surface area contributed by atoms with Gasteiger partial charge in [-0.1, -0.05) is 6.58 Å². The molecule has 1 aliphatic heterocycles. The zero-order valence-corrected chi connectivity index (χ0v) is 8.64. The van der Waals surface area contributed by atoms with Crippen LogP contribution in [-0.4, -0.2) is 23.6 Å². The minimum Gasteiger partial charge on any atom is -0.457 e. The molecule has 16 heavy (non-hydrogen) atoms. The molecule has 84 valence electrons. The summed E-state index contributed by atoms with van der Waals surface area (Å²) in [5.41, 5.74) is -1.33. The molecule has 0 radical (unpaired) electrons. The van der Waals surface area contributed by atoms with Crippen molar-refractivity contribution in [3.8, 4) is 6.07 Å². The van der Waals surface area contributed by atoms with Crippen molar-refractivity contribution in [1.82, 2.24) is 0 Å². The van der Waals surface area contributed by atoms with E-state index in [9.17, 15) is 9.59 Å². The summed E-state index contributed by atoms with van der Waals surface area (Å²) in [4.78, 5) is 22.5. The number of ether oxygens (including phenoxy) is 2. The SMILES string of the molecule is C=CC(=O)OC1(C#N)CCC2CC1OC2=O. The molecule has 1 heterocycles. The van der Waals surface area contributed by atoms with E-state index in [1.807, 2.05) is 6.07 Å². The highest BCUT2D eigenvalue weighted by Crippen LogP contribution is 2.42. The van der Waals surface area contributed by atoms with Crippen molar-refractivity contribution in [2.75, 3.05) is 0 Å². The van der Waals surface area contributed by atoms with Crippen molar-refractivity contribution in [2.45, 2.75) is 31.0 Å². The number of fused-ring (bicyclic) bond motifs is 2. The zero-order valence-electron chi connectivity index (χ0n) is 8.64. The van der Waals surface area contributed by atoms with Crippen LogP contribution in [0.3, 0.4) is 0 Å². The Kier molecular flexibility index (Phi) is 2.43. The minimum absolute atomic E-state index is 0.145. The van der Waals surface area contributed by atoms with Gasteiger partial charge in [0.1, 0.15) is 6.07 Å². The normalized spacial score (nSPS) is 36.1. The third-order valence-electron chi connectivity index (χ3n) is 3.11. The first-order valence-electron chi connectivity index (χ1n) is 5.08. The predicted octanol–water partition coefficient (Wildman–Crippen LogP) is 0.703. The Hall–Kier alpha value is -1.83. The van der Waals surface area contributed by atoms with Gasteiger partial charge < -0.3 is 9.47 Å². The molecule has 1 aliphatic carbocycles. The van der Waals surface area contributed by atoms with Gasteiger partial charge in [0.25, 0.3) is 0 Å². The fourth-order valence-electron chi connectivity index (χ4n) is 2.20. The maximum atomic E-state index is 11.3. The Balaban J connectivity index is 2.22. The predicted molar refractivity (Wildman–Crippen MR) is 51.9 cm³/mol. The highest BCUT2D eigenvalue weighted by atomic mass is 16.6. The molecular formula is C11H11NO4. The van der Waals surface area contributed by atoms with E-state index < -0.39 is 17.7 Å². The Morgan fingerprint density at radius 2 is 2.50 bits per heavy atom. The van der Waals surface area contributed by atoms with Crippen LogP contribution < -0.4 is 0 Å². The van der Waals surface area contributed by atoms with Crippen LogP contribution in [0.15, 0.2) is 12.7 Å². The number of carbonyl (C=O) groups is 2. The molecule has 0 amide bonds. The molecule has 2 rings (SSSR count). The van der Waals surface area contributed by atoms with Crippen molar-refractivity contribution < 1.29 is 19.1 Å². The van der Waals surface area contributed by atoms with E-state index in [-0.39, 0.29) is 11.9 Å². The van der Waals surface area contributed by atoms with E-state index in [4.69, 9.17) is 14.7 Å². The van der Waals surface area contributed by atoms with Crippen LogP contribution in [-0.2, 0) is 19.1 Å².